The zero-order valence-electron chi connectivity index (χ0n) is 8.76. The third-order valence-electron chi connectivity index (χ3n) is 1.84. The van der Waals surface area contributed by atoms with E-state index in [0.29, 0.717) is 0 Å². The van der Waals surface area contributed by atoms with Gasteiger partial charge in [-0.3, -0.25) is 4.68 Å². The Kier molecular flexibility index (Phi) is 5.42. The summed E-state index contributed by atoms with van der Waals surface area (Å²) in [5, 5.41) is 3.79. The van der Waals surface area contributed by atoms with Crippen molar-refractivity contribution in [2.24, 2.45) is 0 Å². The molecule has 1 aromatic heterocycles. The summed E-state index contributed by atoms with van der Waals surface area (Å²) in [4.78, 5) is 0. The van der Waals surface area contributed by atoms with Crippen molar-refractivity contribution >= 4 is 12.4 Å². The number of hydrogen-bond acceptors (Lipinski definition) is 1. The van der Waals surface area contributed by atoms with Crippen molar-refractivity contribution in [1.29, 1.82) is 0 Å². The Morgan fingerprint density at radius 2 is 1.86 bits per heavy atom. The van der Waals surface area contributed by atoms with E-state index < -0.39 is 12.4 Å². The number of rotatable bonds is 2. The van der Waals surface area contributed by atoms with Crippen LogP contribution in [0.4, 0.5) is 12.9 Å². The van der Waals surface area contributed by atoms with Gasteiger partial charge in [0.1, 0.15) is 0 Å². The summed E-state index contributed by atoms with van der Waals surface area (Å²) in [5.74, 6) is 0. The Bertz CT molecular complexity index is 308. The molecule has 7 heteroatoms. The molecule has 0 amide bonds. The van der Waals surface area contributed by atoms with Gasteiger partial charge in [0.2, 0.25) is 0 Å². The van der Waals surface area contributed by atoms with E-state index in [-0.39, 0.29) is 63.1 Å². The minimum absolute atomic E-state index is 0. The Morgan fingerprint density at radius 3 is 2.07 bits per heavy atom. The molecule has 1 heterocycles. The van der Waals surface area contributed by atoms with Crippen LogP contribution in [0.2, 0.25) is 0 Å². The molecular weight excluding hydrogens is 219 g/mol. The largest absolute Gasteiger partial charge is 1.00 e. The molecule has 0 saturated heterocycles. The first-order chi connectivity index (χ1) is 5.82. The van der Waals surface area contributed by atoms with Gasteiger partial charge in [0.05, 0.1) is 0 Å². The smallest absolute Gasteiger partial charge is 0.445 e. The fourth-order valence-corrected chi connectivity index (χ4v) is 1.08. The number of hydrogen-bond donors (Lipinski definition) is 0. The predicted octanol–water partition coefficient (Wildman–Crippen LogP) is -1.17. The van der Waals surface area contributed by atoms with Gasteiger partial charge >= 0.3 is 58.4 Å². The average molecular weight is 230 g/mol. The third-order valence-corrected chi connectivity index (χ3v) is 1.84. The van der Waals surface area contributed by atoms with Crippen molar-refractivity contribution < 1.29 is 64.3 Å². The molecule has 0 atom stereocenters. The number of aryl methyl sites for hydroxylation is 1. The van der Waals surface area contributed by atoms with Crippen molar-refractivity contribution in [3.05, 3.63) is 11.9 Å². The molecule has 0 N–H and O–H groups in total. The van der Waals surface area contributed by atoms with Crippen molar-refractivity contribution in [3.63, 3.8) is 0 Å². The van der Waals surface area contributed by atoms with Crippen LogP contribution in [0.3, 0.4) is 0 Å². The third kappa shape index (κ3) is 3.37. The minimum atomic E-state index is -4.92. The van der Waals surface area contributed by atoms with Crippen LogP contribution >= 0.6 is 0 Å². The Labute approximate surface area is 124 Å². The fourth-order valence-electron chi connectivity index (χ4n) is 1.08. The van der Waals surface area contributed by atoms with E-state index in [1.54, 1.807) is 13.8 Å². The normalized spacial score (nSPS) is 11.6. The van der Waals surface area contributed by atoms with Crippen molar-refractivity contribution in [2.45, 2.75) is 26.8 Å². The van der Waals surface area contributed by atoms with Crippen LogP contribution in [0.15, 0.2) is 6.20 Å². The molecular formula is C7H11BF3KN2. The Morgan fingerprint density at radius 1 is 1.36 bits per heavy atom. The van der Waals surface area contributed by atoms with E-state index in [1.807, 2.05) is 0 Å². The standard InChI is InChI=1S/C7H11BF3N2.K/c1-5(2)13-4-7(6(3)12-13)8(9,10)11;/h4-5H,1-3H3;/q-1;+1. The van der Waals surface area contributed by atoms with E-state index >= 15 is 0 Å². The SMILES string of the molecule is Cc1nn(C(C)C)cc1[B-](F)(F)F.[K+]. The first-order valence-corrected chi connectivity index (χ1v) is 4.08. The Hall–Kier alpha value is 0.701. The second-order valence-electron chi connectivity index (χ2n) is 3.32. The second kappa shape index (κ2) is 5.16. The van der Waals surface area contributed by atoms with Crippen LogP contribution in [0.5, 0.6) is 0 Å². The van der Waals surface area contributed by atoms with Crippen molar-refractivity contribution in [1.82, 2.24) is 9.78 Å². The van der Waals surface area contributed by atoms with Crippen LogP contribution < -0.4 is 56.8 Å². The molecule has 1 aromatic rings. The topological polar surface area (TPSA) is 17.8 Å². The second-order valence-corrected chi connectivity index (χ2v) is 3.32. The zero-order chi connectivity index (χ0) is 10.2. The number of aromatic nitrogens is 2. The molecule has 14 heavy (non-hydrogen) atoms. The summed E-state index contributed by atoms with van der Waals surface area (Å²) in [6.45, 7) is 0.0402. The minimum Gasteiger partial charge on any atom is -0.445 e. The predicted molar refractivity (Wildman–Crippen MR) is 46.1 cm³/mol. The maximum Gasteiger partial charge on any atom is 1.00 e. The van der Waals surface area contributed by atoms with E-state index in [9.17, 15) is 12.9 Å². The van der Waals surface area contributed by atoms with Crippen LogP contribution in [0.25, 0.3) is 0 Å². The van der Waals surface area contributed by atoms with Gasteiger partial charge in [-0.25, -0.2) is 0 Å². The van der Waals surface area contributed by atoms with E-state index in [1.165, 1.54) is 11.6 Å². The molecule has 0 aliphatic carbocycles. The van der Waals surface area contributed by atoms with Gasteiger partial charge in [-0.05, 0) is 27.0 Å². The molecule has 74 valence electrons. The molecule has 0 aliphatic heterocycles. The van der Waals surface area contributed by atoms with Gasteiger partial charge in [-0.2, -0.15) is 5.10 Å². The first-order valence-electron chi connectivity index (χ1n) is 4.08. The van der Waals surface area contributed by atoms with Gasteiger partial charge in [-0.15, -0.1) is 0 Å². The maximum atomic E-state index is 12.3. The monoisotopic (exact) mass is 230 g/mol. The first kappa shape index (κ1) is 14.7. The summed E-state index contributed by atoms with van der Waals surface area (Å²) in [6.07, 6.45) is 1.07. The molecule has 0 spiro atoms. The fraction of sp³-hybridized carbons (Fsp3) is 0.571. The quantitative estimate of drug-likeness (QED) is 0.585. The molecule has 0 aliphatic rings. The summed E-state index contributed by atoms with van der Waals surface area (Å²) < 4.78 is 38.3. The number of halogens is 3. The van der Waals surface area contributed by atoms with E-state index in [4.69, 9.17) is 0 Å². The summed E-state index contributed by atoms with van der Waals surface area (Å²) in [5.41, 5.74) is -0.532. The van der Waals surface area contributed by atoms with Crippen LogP contribution in [-0.4, -0.2) is 16.8 Å². The zero-order valence-corrected chi connectivity index (χ0v) is 11.9. The number of nitrogens with zero attached hydrogens (tertiary/aromatic N) is 2. The molecule has 0 unspecified atom stereocenters. The molecule has 1 rings (SSSR count). The van der Waals surface area contributed by atoms with Crippen LogP contribution in [0.1, 0.15) is 25.6 Å². The van der Waals surface area contributed by atoms with Crippen LogP contribution in [0, 0.1) is 6.92 Å². The molecule has 0 bridgehead atoms. The summed E-state index contributed by atoms with van der Waals surface area (Å²) in [7, 11) is 0. The van der Waals surface area contributed by atoms with Gasteiger partial charge in [0.25, 0.3) is 0 Å². The van der Waals surface area contributed by atoms with Crippen molar-refractivity contribution in [2.75, 3.05) is 0 Å². The van der Waals surface area contributed by atoms with Gasteiger partial charge in [0.15, 0.2) is 0 Å². The van der Waals surface area contributed by atoms with E-state index in [2.05, 4.69) is 5.10 Å². The van der Waals surface area contributed by atoms with Gasteiger partial charge < -0.3 is 12.9 Å². The van der Waals surface area contributed by atoms with Crippen LogP contribution in [-0.2, 0) is 0 Å². The molecule has 2 nitrogen and oxygen atoms in total. The maximum absolute atomic E-state index is 12.3. The van der Waals surface area contributed by atoms with Crippen molar-refractivity contribution in [3.8, 4) is 0 Å². The Balaban J connectivity index is 0.00000169. The van der Waals surface area contributed by atoms with Gasteiger partial charge in [0, 0.05) is 11.7 Å². The van der Waals surface area contributed by atoms with E-state index in [0.717, 1.165) is 6.20 Å². The molecule has 0 fully saturated rings. The summed E-state index contributed by atoms with van der Waals surface area (Å²) >= 11 is 0. The molecule has 0 saturated carbocycles. The average Bonchev–Trinajstić information content (AvgIpc) is 2.29. The molecule has 0 aromatic carbocycles. The van der Waals surface area contributed by atoms with Gasteiger partial charge in [-0.1, -0.05) is 5.46 Å². The summed E-state index contributed by atoms with van der Waals surface area (Å²) in [6, 6.07) is -0.0365. The molecule has 0 radical (unpaired) electrons.